The summed E-state index contributed by atoms with van der Waals surface area (Å²) in [5.41, 5.74) is 3.40. The lowest BCUT2D eigenvalue weighted by molar-refractivity contribution is -0.130. The highest BCUT2D eigenvalue weighted by Crippen LogP contribution is 2.36. The minimum Gasteiger partial charge on any atom is -0.478 e. The van der Waals surface area contributed by atoms with E-state index in [0.29, 0.717) is 5.57 Å². The highest BCUT2D eigenvalue weighted by atomic mass is 16.4. The van der Waals surface area contributed by atoms with Crippen LogP contribution in [-0.2, 0) is 4.79 Å². The summed E-state index contributed by atoms with van der Waals surface area (Å²) in [6, 6.07) is 19.6. The summed E-state index contributed by atoms with van der Waals surface area (Å²) in [5.74, 6) is -0.805. The summed E-state index contributed by atoms with van der Waals surface area (Å²) < 4.78 is 0. The Balaban J connectivity index is 0.000000271. The molecule has 0 saturated heterocycles. The van der Waals surface area contributed by atoms with Crippen molar-refractivity contribution in [2.45, 2.75) is 6.92 Å². The minimum absolute atomic E-state index is 0.0358. The maximum Gasteiger partial charge on any atom is 0.336 e. The summed E-state index contributed by atoms with van der Waals surface area (Å²) in [6.07, 6.45) is 16.1. The molecule has 0 fully saturated rings. The van der Waals surface area contributed by atoms with E-state index < -0.39 is 5.97 Å². The Kier molecular flexibility index (Phi) is 6.59. The Morgan fingerprint density at radius 1 is 0.714 bits per heavy atom. The number of hydrogen-bond acceptors (Lipinski definition) is 1. The van der Waals surface area contributed by atoms with Crippen LogP contribution in [0.1, 0.15) is 11.1 Å². The van der Waals surface area contributed by atoms with E-state index >= 15 is 0 Å². The van der Waals surface area contributed by atoms with Crippen molar-refractivity contribution in [2.24, 2.45) is 11.8 Å². The molecule has 2 aliphatic rings. The van der Waals surface area contributed by atoms with E-state index in [1.807, 2.05) is 97.1 Å². The molecule has 2 aromatic carbocycles. The van der Waals surface area contributed by atoms with Gasteiger partial charge in [0, 0.05) is 11.8 Å². The number of hydrogen-bond donors (Lipinski definition) is 1. The molecule has 0 saturated carbocycles. The third-order valence-corrected chi connectivity index (χ3v) is 4.72. The number of aliphatic carboxylic acids is 1. The molecule has 28 heavy (non-hydrogen) atoms. The zero-order valence-corrected chi connectivity index (χ0v) is 15.9. The van der Waals surface area contributed by atoms with Crippen LogP contribution >= 0.6 is 0 Å². The summed E-state index contributed by atoms with van der Waals surface area (Å²) in [4.78, 5) is 11.9. The summed E-state index contributed by atoms with van der Waals surface area (Å²) in [6.45, 7) is 2.08. The van der Waals surface area contributed by atoms with Gasteiger partial charge in [0.1, 0.15) is 0 Å². The van der Waals surface area contributed by atoms with Gasteiger partial charge in [-0.3, -0.25) is 0 Å². The third-order valence-electron chi connectivity index (χ3n) is 4.72. The van der Waals surface area contributed by atoms with Gasteiger partial charge in [-0.15, -0.1) is 0 Å². The van der Waals surface area contributed by atoms with Crippen molar-refractivity contribution < 1.29 is 9.90 Å². The lowest BCUT2D eigenvalue weighted by atomic mass is 9.83. The standard InChI is InChI=1S/C19H16O2.C7H8/c20-19(21)18(16-8-2-1-3-9-16)17(14-10-4-5-11-14)15-12-6-7-13-15;1-7-5-3-2-4-6-7/h1-15H,(H,20,21);2-6H,1H3. The van der Waals surface area contributed by atoms with Crippen molar-refractivity contribution in [3.63, 3.8) is 0 Å². The molecular formula is C26H24O2. The van der Waals surface area contributed by atoms with Gasteiger partial charge in [0.05, 0.1) is 5.57 Å². The normalized spacial score (nSPS) is 14.8. The van der Waals surface area contributed by atoms with E-state index in [0.717, 1.165) is 11.1 Å². The van der Waals surface area contributed by atoms with Crippen LogP contribution in [0.3, 0.4) is 0 Å². The van der Waals surface area contributed by atoms with Crippen molar-refractivity contribution >= 4 is 11.5 Å². The second-order valence-corrected chi connectivity index (χ2v) is 6.75. The molecule has 0 spiro atoms. The predicted molar refractivity (Wildman–Crippen MR) is 116 cm³/mol. The Bertz CT molecular complexity index is 890. The van der Waals surface area contributed by atoms with Gasteiger partial charge in [0.2, 0.25) is 0 Å². The lowest BCUT2D eigenvalue weighted by Crippen LogP contribution is -2.13. The fraction of sp³-hybridized carbons (Fsp3) is 0.115. The molecule has 2 aromatic rings. The first-order valence-electron chi connectivity index (χ1n) is 9.41. The number of carboxylic acid groups (broad SMARTS) is 1. The Hall–Kier alpha value is -3.39. The van der Waals surface area contributed by atoms with Crippen molar-refractivity contribution in [2.75, 3.05) is 0 Å². The largest absolute Gasteiger partial charge is 0.478 e. The molecule has 1 N–H and O–H groups in total. The van der Waals surface area contributed by atoms with E-state index in [4.69, 9.17) is 0 Å². The van der Waals surface area contributed by atoms with Crippen molar-refractivity contribution in [3.05, 3.63) is 126 Å². The quantitative estimate of drug-likeness (QED) is 0.672. The molecule has 140 valence electrons. The molecule has 0 bridgehead atoms. The van der Waals surface area contributed by atoms with Gasteiger partial charge in [0.15, 0.2) is 0 Å². The molecule has 2 heteroatoms. The number of benzene rings is 2. The molecule has 0 amide bonds. The molecule has 4 rings (SSSR count). The SMILES string of the molecule is Cc1ccccc1.O=C(O)C(=C(C1C=CC=C1)C1C=CC=C1)c1ccccc1. The molecule has 0 heterocycles. The van der Waals surface area contributed by atoms with E-state index in [2.05, 4.69) is 19.1 Å². The van der Waals surface area contributed by atoms with E-state index in [1.54, 1.807) is 0 Å². The second kappa shape index (κ2) is 9.52. The van der Waals surface area contributed by atoms with Crippen LogP contribution in [0.25, 0.3) is 5.57 Å². The van der Waals surface area contributed by atoms with Gasteiger partial charge >= 0.3 is 5.97 Å². The highest BCUT2D eigenvalue weighted by molar-refractivity contribution is 6.16. The lowest BCUT2D eigenvalue weighted by Gasteiger charge is -2.20. The maximum absolute atomic E-state index is 11.9. The first kappa shape index (κ1) is 19.4. The van der Waals surface area contributed by atoms with Crippen LogP contribution in [-0.4, -0.2) is 11.1 Å². The Morgan fingerprint density at radius 2 is 1.14 bits per heavy atom. The fourth-order valence-corrected chi connectivity index (χ4v) is 3.39. The van der Waals surface area contributed by atoms with E-state index in [1.165, 1.54) is 5.56 Å². The first-order chi connectivity index (χ1) is 13.7. The molecule has 0 aromatic heterocycles. The molecule has 0 unspecified atom stereocenters. The van der Waals surface area contributed by atoms with Crippen molar-refractivity contribution in [1.29, 1.82) is 0 Å². The maximum atomic E-state index is 11.9. The van der Waals surface area contributed by atoms with Crippen LogP contribution in [0.15, 0.2) is 115 Å². The first-order valence-corrected chi connectivity index (χ1v) is 9.41. The molecule has 0 radical (unpaired) electrons. The van der Waals surface area contributed by atoms with Crippen LogP contribution in [0.2, 0.25) is 0 Å². The zero-order valence-electron chi connectivity index (χ0n) is 15.9. The number of aryl methyl sites for hydroxylation is 1. The number of carboxylic acids is 1. The topological polar surface area (TPSA) is 37.3 Å². The van der Waals surface area contributed by atoms with Crippen LogP contribution in [0.5, 0.6) is 0 Å². The van der Waals surface area contributed by atoms with Crippen LogP contribution in [0.4, 0.5) is 0 Å². The molecule has 0 aliphatic heterocycles. The van der Waals surface area contributed by atoms with Crippen LogP contribution < -0.4 is 0 Å². The smallest absolute Gasteiger partial charge is 0.336 e. The van der Waals surface area contributed by atoms with Crippen molar-refractivity contribution in [3.8, 4) is 0 Å². The van der Waals surface area contributed by atoms with Gasteiger partial charge in [-0.05, 0) is 18.1 Å². The minimum atomic E-state index is -0.876. The number of allylic oxidation sites excluding steroid dienone is 9. The van der Waals surface area contributed by atoms with Gasteiger partial charge in [-0.1, -0.05) is 115 Å². The van der Waals surface area contributed by atoms with E-state index in [9.17, 15) is 9.90 Å². The molecule has 2 nitrogen and oxygen atoms in total. The molecule has 2 aliphatic carbocycles. The summed E-state index contributed by atoms with van der Waals surface area (Å²) >= 11 is 0. The molecular weight excluding hydrogens is 344 g/mol. The summed E-state index contributed by atoms with van der Waals surface area (Å²) in [7, 11) is 0. The fourth-order valence-electron chi connectivity index (χ4n) is 3.39. The van der Waals surface area contributed by atoms with Gasteiger partial charge in [-0.2, -0.15) is 0 Å². The summed E-state index contributed by atoms with van der Waals surface area (Å²) in [5, 5.41) is 9.76. The predicted octanol–water partition coefficient (Wildman–Crippen LogP) is 6.00. The Morgan fingerprint density at radius 3 is 1.50 bits per heavy atom. The number of carbonyl (C=O) groups is 1. The van der Waals surface area contributed by atoms with E-state index in [-0.39, 0.29) is 11.8 Å². The average molecular weight is 368 g/mol. The zero-order chi connectivity index (χ0) is 19.8. The highest BCUT2D eigenvalue weighted by Gasteiger charge is 2.26. The monoisotopic (exact) mass is 368 g/mol. The van der Waals surface area contributed by atoms with Gasteiger partial charge < -0.3 is 5.11 Å². The van der Waals surface area contributed by atoms with Gasteiger partial charge in [0.25, 0.3) is 0 Å². The second-order valence-electron chi connectivity index (χ2n) is 6.75. The number of rotatable bonds is 4. The Labute approximate surface area is 166 Å². The molecule has 0 atom stereocenters. The third kappa shape index (κ3) is 4.86. The van der Waals surface area contributed by atoms with Crippen LogP contribution in [0, 0.1) is 18.8 Å². The van der Waals surface area contributed by atoms with Gasteiger partial charge in [-0.25, -0.2) is 4.79 Å². The average Bonchev–Trinajstić information content (AvgIpc) is 3.42. The van der Waals surface area contributed by atoms with Crippen molar-refractivity contribution in [1.82, 2.24) is 0 Å².